The van der Waals surface area contributed by atoms with Crippen LogP contribution in [0.4, 0.5) is 29.2 Å². The predicted molar refractivity (Wildman–Crippen MR) is 130 cm³/mol. The average molecular weight is 537 g/mol. The lowest BCUT2D eigenvalue weighted by Crippen LogP contribution is -2.39. The van der Waals surface area contributed by atoms with Gasteiger partial charge < -0.3 is 10.5 Å². The van der Waals surface area contributed by atoms with Gasteiger partial charge in [0.25, 0.3) is 0 Å². The Labute approximate surface area is 209 Å². The van der Waals surface area contributed by atoms with Gasteiger partial charge >= 0.3 is 16.4 Å². The molecule has 2 aromatic carbocycles. The molecule has 9 nitrogen and oxygen atoms in total. The molecular formula is C23H20F4N6O3S. The van der Waals surface area contributed by atoms with Crippen molar-refractivity contribution in [1.82, 2.24) is 19.3 Å². The highest BCUT2D eigenvalue weighted by Crippen LogP contribution is 2.39. The van der Waals surface area contributed by atoms with E-state index in [9.17, 15) is 26.0 Å². The van der Waals surface area contributed by atoms with Gasteiger partial charge in [0.05, 0.1) is 16.9 Å². The third-order valence-electron chi connectivity index (χ3n) is 5.26. The number of nitrogens with one attached hydrogen (secondary N) is 1. The second-order valence-corrected chi connectivity index (χ2v) is 9.74. The first-order valence-electron chi connectivity index (χ1n) is 10.6. The molecule has 0 radical (unpaired) electrons. The number of hydrogen-bond acceptors (Lipinski definition) is 7. The topological polar surface area (TPSA) is 123 Å². The van der Waals surface area contributed by atoms with Crippen molar-refractivity contribution in [2.75, 3.05) is 24.0 Å². The summed E-state index contributed by atoms with van der Waals surface area (Å²) in [5.74, 6) is -0.589. The molecule has 194 valence electrons. The summed E-state index contributed by atoms with van der Waals surface area (Å²) in [6, 6.07) is 10.3. The number of rotatable bonds is 7. The van der Waals surface area contributed by atoms with Crippen molar-refractivity contribution in [3.8, 4) is 22.9 Å². The van der Waals surface area contributed by atoms with E-state index >= 15 is 0 Å². The highest BCUT2D eigenvalue weighted by Gasteiger charge is 2.34. The third kappa shape index (κ3) is 5.70. The van der Waals surface area contributed by atoms with Crippen LogP contribution in [0, 0.1) is 12.7 Å². The van der Waals surface area contributed by atoms with Gasteiger partial charge in [-0.25, -0.2) is 19.3 Å². The molecule has 4 aromatic rings. The molecule has 3 N–H and O–H groups in total. The van der Waals surface area contributed by atoms with E-state index in [2.05, 4.69) is 15.0 Å². The molecule has 4 rings (SSSR count). The van der Waals surface area contributed by atoms with Gasteiger partial charge in [-0.15, -0.1) is 0 Å². The number of aryl methyl sites for hydroxylation is 1. The Morgan fingerprint density at radius 3 is 2.49 bits per heavy atom. The molecule has 0 fully saturated rings. The third-order valence-corrected chi connectivity index (χ3v) is 6.67. The van der Waals surface area contributed by atoms with Crippen molar-refractivity contribution in [2.24, 2.45) is 0 Å². The number of nitrogens with two attached hydrogens (primary N) is 1. The highest BCUT2D eigenvalue weighted by molar-refractivity contribution is 7.90. The van der Waals surface area contributed by atoms with Crippen molar-refractivity contribution >= 4 is 32.6 Å². The first-order valence-corrected chi connectivity index (χ1v) is 12.0. The van der Waals surface area contributed by atoms with Crippen LogP contribution in [0.25, 0.3) is 22.0 Å². The number of nitrogen functional groups attached to an aromatic ring is 1. The summed E-state index contributed by atoms with van der Waals surface area (Å²) in [6.45, 7) is -0.0391. The standard InChI is InChI=1S/C23H20F4N6O3S/c1-13-5-6-14-15(7-8-17(24)19(14)32-37(34,35)33(2)12-23(25,26)27)20(13)36-21-16(4-3-10-29-21)18-9-11-30-22(28)31-18/h3-11,32H,12H2,1-2H3,(H2,28,30,31). The van der Waals surface area contributed by atoms with Crippen LogP contribution < -0.4 is 15.2 Å². The molecule has 37 heavy (non-hydrogen) atoms. The zero-order valence-corrected chi connectivity index (χ0v) is 20.2. The lowest BCUT2D eigenvalue weighted by molar-refractivity contribution is -0.134. The smallest absolute Gasteiger partial charge is 0.402 e. The van der Waals surface area contributed by atoms with Crippen LogP contribution in [0.2, 0.25) is 0 Å². The molecule has 0 amide bonds. The molecule has 0 aliphatic rings. The lowest BCUT2D eigenvalue weighted by atomic mass is 10.0. The van der Waals surface area contributed by atoms with E-state index in [4.69, 9.17) is 10.5 Å². The number of ether oxygens (including phenoxy) is 1. The van der Waals surface area contributed by atoms with E-state index in [1.54, 1.807) is 31.2 Å². The van der Waals surface area contributed by atoms with Crippen LogP contribution in [0.1, 0.15) is 5.56 Å². The van der Waals surface area contributed by atoms with Crippen molar-refractivity contribution < 1.29 is 30.7 Å². The van der Waals surface area contributed by atoms with Crippen molar-refractivity contribution in [3.63, 3.8) is 0 Å². The van der Waals surface area contributed by atoms with Crippen molar-refractivity contribution in [2.45, 2.75) is 13.1 Å². The number of hydrogen-bond donors (Lipinski definition) is 2. The zero-order chi connectivity index (χ0) is 27.0. The summed E-state index contributed by atoms with van der Waals surface area (Å²) in [5, 5.41) is 0.352. The summed E-state index contributed by atoms with van der Waals surface area (Å²) < 4.78 is 86.2. The van der Waals surface area contributed by atoms with E-state index in [1.165, 1.54) is 24.5 Å². The second kappa shape index (κ2) is 9.78. The minimum atomic E-state index is -4.78. The predicted octanol–water partition coefficient (Wildman–Crippen LogP) is 4.66. The fraction of sp³-hybridized carbons (Fsp3) is 0.174. The minimum absolute atomic E-state index is 0.0385. The van der Waals surface area contributed by atoms with Gasteiger partial charge in [-0.1, -0.05) is 12.1 Å². The molecule has 2 heterocycles. The van der Waals surface area contributed by atoms with E-state index in [0.29, 0.717) is 16.8 Å². The summed E-state index contributed by atoms with van der Waals surface area (Å²) >= 11 is 0. The molecule has 0 saturated carbocycles. The highest BCUT2D eigenvalue weighted by atomic mass is 32.2. The maximum Gasteiger partial charge on any atom is 0.402 e. The van der Waals surface area contributed by atoms with Crippen LogP contribution in [0.3, 0.4) is 0 Å². The number of fused-ring (bicyclic) bond motifs is 1. The molecule has 0 saturated heterocycles. The van der Waals surface area contributed by atoms with E-state index in [-0.39, 0.29) is 32.7 Å². The van der Waals surface area contributed by atoms with E-state index in [0.717, 1.165) is 13.1 Å². The number of nitrogens with zero attached hydrogens (tertiary/aromatic N) is 4. The number of pyridine rings is 1. The fourth-order valence-corrected chi connectivity index (χ4v) is 4.47. The molecule has 0 aliphatic carbocycles. The maximum absolute atomic E-state index is 14.8. The van der Waals surface area contributed by atoms with Crippen molar-refractivity contribution in [3.05, 3.63) is 66.2 Å². The Kier molecular flexibility index (Phi) is 6.88. The Bertz CT molecular complexity index is 1580. The number of halogens is 4. The van der Waals surface area contributed by atoms with Gasteiger partial charge in [0.2, 0.25) is 11.8 Å². The minimum Gasteiger partial charge on any atom is -0.437 e. The van der Waals surface area contributed by atoms with E-state index in [1.807, 2.05) is 4.72 Å². The first kappa shape index (κ1) is 26.0. The number of alkyl halides is 3. The average Bonchev–Trinajstić information content (AvgIpc) is 2.82. The Hall–Kier alpha value is -4.04. The monoisotopic (exact) mass is 536 g/mol. The van der Waals surface area contributed by atoms with Crippen LogP contribution in [0.5, 0.6) is 11.6 Å². The lowest BCUT2D eigenvalue weighted by Gasteiger charge is -2.21. The van der Waals surface area contributed by atoms with Crippen LogP contribution >= 0.6 is 0 Å². The number of aromatic nitrogens is 3. The van der Waals surface area contributed by atoms with Crippen LogP contribution in [-0.4, -0.2) is 47.4 Å². The molecule has 0 spiro atoms. The largest absolute Gasteiger partial charge is 0.437 e. The fourth-order valence-electron chi connectivity index (χ4n) is 3.53. The SMILES string of the molecule is Cc1ccc2c(NS(=O)(=O)N(C)CC(F)(F)F)c(F)ccc2c1Oc1ncccc1-c1ccnc(N)n1. The van der Waals surface area contributed by atoms with E-state index < -0.39 is 34.4 Å². The van der Waals surface area contributed by atoms with Crippen molar-refractivity contribution in [1.29, 1.82) is 0 Å². The Morgan fingerprint density at radius 1 is 1.05 bits per heavy atom. The number of benzene rings is 2. The zero-order valence-electron chi connectivity index (χ0n) is 19.4. The summed E-state index contributed by atoms with van der Waals surface area (Å²) in [5.41, 5.74) is 6.67. The summed E-state index contributed by atoms with van der Waals surface area (Å²) in [7, 11) is -4.01. The quantitative estimate of drug-likeness (QED) is 0.329. The van der Waals surface area contributed by atoms with Gasteiger partial charge in [0.1, 0.15) is 18.1 Å². The molecule has 0 aliphatic heterocycles. The molecule has 14 heteroatoms. The summed E-state index contributed by atoms with van der Waals surface area (Å²) in [4.78, 5) is 12.3. The first-order chi connectivity index (χ1) is 17.4. The van der Waals surface area contributed by atoms with Gasteiger partial charge in [-0.3, -0.25) is 4.72 Å². The number of anilines is 2. The molecule has 0 unspecified atom stereocenters. The molecule has 0 bridgehead atoms. The van der Waals surface area contributed by atoms with Gasteiger partial charge in [0.15, 0.2) is 0 Å². The summed E-state index contributed by atoms with van der Waals surface area (Å²) in [6.07, 6.45) is -1.83. The van der Waals surface area contributed by atoms with Crippen LogP contribution in [0.15, 0.2) is 54.9 Å². The van der Waals surface area contributed by atoms with Gasteiger partial charge in [-0.05, 0) is 42.8 Å². The molecule has 2 aromatic heterocycles. The van der Waals surface area contributed by atoms with Crippen LogP contribution in [-0.2, 0) is 10.2 Å². The Morgan fingerprint density at radius 2 is 1.78 bits per heavy atom. The van der Waals surface area contributed by atoms with Gasteiger partial charge in [-0.2, -0.15) is 25.9 Å². The molecule has 0 atom stereocenters. The normalized spacial score (nSPS) is 12.2. The Balaban J connectivity index is 1.79. The molecular weight excluding hydrogens is 516 g/mol. The van der Waals surface area contributed by atoms with Gasteiger partial charge in [0, 0.05) is 30.2 Å². The second-order valence-electron chi connectivity index (χ2n) is 7.97. The maximum atomic E-state index is 14.8.